The molecule has 0 saturated carbocycles. The summed E-state index contributed by atoms with van der Waals surface area (Å²) in [6.07, 6.45) is 0. The highest BCUT2D eigenvalue weighted by atomic mass is 17.1. The summed E-state index contributed by atoms with van der Waals surface area (Å²) in [5, 5.41) is 9.29. The molecular weight excluding hydrogens is 272 g/mol. The minimum Gasteiger partial charge on any atom is -0.252 e. The van der Waals surface area contributed by atoms with Gasteiger partial charge in [-0.1, -0.05) is 91.0 Å². The first-order chi connectivity index (χ1) is 10.9. The molecule has 2 nitrogen and oxygen atoms in total. The van der Waals surface area contributed by atoms with Crippen LogP contribution in [-0.2, 0) is 10.3 Å². The fourth-order valence-electron chi connectivity index (χ4n) is 3.01. The number of benzene rings is 3. The van der Waals surface area contributed by atoms with E-state index >= 15 is 0 Å². The number of rotatable bonds is 5. The molecule has 3 aromatic carbocycles. The summed E-state index contributed by atoms with van der Waals surface area (Å²) in [4.78, 5) is 4.67. The molecule has 0 aromatic heterocycles. The monoisotopic (exact) mass is 290 g/mol. The van der Waals surface area contributed by atoms with E-state index in [4.69, 9.17) is 0 Å². The molecule has 0 amide bonds. The molecule has 0 saturated heterocycles. The van der Waals surface area contributed by atoms with Gasteiger partial charge in [-0.05, 0) is 16.7 Å². The molecule has 0 unspecified atom stereocenters. The number of hydrogen-bond donors (Lipinski definition) is 1. The van der Waals surface area contributed by atoms with Crippen LogP contribution in [0.3, 0.4) is 0 Å². The molecule has 0 spiro atoms. The maximum Gasteiger partial charge on any atom is 0.0997 e. The quantitative estimate of drug-likeness (QED) is 0.425. The van der Waals surface area contributed by atoms with E-state index in [9.17, 15) is 5.26 Å². The number of hydrogen-bond acceptors (Lipinski definition) is 2. The summed E-state index contributed by atoms with van der Waals surface area (Å²) in [5.41, 5.74) is 2.71. The normalized spacial score (nSPS) is 11.3. The second kappa shape index (κ2) is 6.56. The van der Waals surface area contributed by atoms with Crippen LogP contribution in [-0.4, -0.2) is 11.9 Å². The third-order valence-corrected chi connectivity index (χ3v) is 4.08. The molecule has 110 valence electrons. The molecule has 1 N–H and O–H groups in total. The third kappa shape index (κ3) is 2.54. The lowest BCUT2D eigenvalue weighted by molar-refractivity contribution is -0.249. The predicted octanol–water partition coefficient (Wildman–Crippen LogP) is 4.51. The topological polar surface area (TPSA) is 29.5 Å². The van der Waals surface area contributed by atoms with Gasteiger partial charge in [0.15, 0.2) is 0 Å². The van der Waals surface area contributed by atoms with E-state index in [2.05, 4.69) is 41.3 Å². The Morgan fingerprint density at radius 3 is 1.18 bits per heavy atom. The van der Waals surface area contributed by atoms with Crippen LogP contribution in [0.5, 0.6) is 0 Å². The largest absolute Gasteiger partial charge is 0.252 e. The Labute approximate surface area is 130 Å². The highest BCUT2D eigenvalue weighted by Crippen LogP contribution is 2.39. The van der Waals surface area contributed by atoms with E-state index in [0.717, 1.165) is 16.7 Å². The maximum atomic E-state index is 9.29. The average molecular weight is 290 g/mol. The van der Waals surface area contributed by atoms with Crippen LogP contribution in [0.2, 0.25) is 0 Å². The average Bonchev–Trinajstić information content (AvgIpc) is 2.62. The van der Waals surface area contributed by atoms with Crippen LogP contribution in [0.4, 0.5) is 0 Å². The van der Waals surface area contributed by atoms with E-state index in [-0.39, 0.29) is 6.61 Å². The van der Waals surface area contributed by atoms with Gasteiger partial charge in [-0.3, -0.25) is 5.26 Å². The molecule has 3 rings (SSSR count). The summed E-state index contributed by atoms with van der Waals surface area (Å²) in [6.45, 7) is 0.158. The highest BCUT2D eigenvalue weighted by molar-refractivity contribution is 5.50. The minimum absolute atomic E-state index is 0.158. The van der Waals surface area contributed by atoms with Gasteiger partial charge in [0, 0.05) is 0 Å². The maximum absolute atomic E-state index is 9.29. The summed E-state index contributed by atoms with van der Waals surface area (Å²) < 4.78 is 0. The standard InChI is InChI=1S/C20H18O2/c21-22-16-20(17-10-4-1-5-11-17,18-12-6-2-7-13-18)19-14-8-3-9-15-19/h1-15,21H,16H2. The fraction of sp³-hybridized carbons (Fsp3) is 0.100. The van der Waals surface area contributed by atoms with E-state index < -0.39 is 5.41 Å². The first-order valence-electron chi connectivity index (χ1n) is 7.31. The summed E-state index contributed by atoms with van der Waals surface area (Å²) in [6, 6.07) is 30.4. The van der Waals surface area contributed by atoms with Crippen molar-refractivity contribution in [3.8, 4) is 0 Å². The van der Waals surface area contributed by atoms with Crippen LogP contribution >= 0.6 is 0 Å². The molecule has 0 aliphatic carbocycles. The summed E-state index contributed by atoms with van der Waals surface area (Å²) in [5.74, 6) is 0. The van der Waals surface area contributed by atoms with Crippen LogP contribution in [0.25, 0.3) is 0 Å². The van der Waals surface area contributed by atoms with Crippen molar-refractivity contribution >= 4 is 0 Å². The second-order valence-corrected chi connectivity index (χ2v) is 5.28. The van der Waals surface area contributed by atoms with Crippen LogP contribution < -0.4 is 0 Å². The van der Waals surface area contributed by atoms with Gasteiger partial charge in [-0.25, -0.2) is 4.89 Å². The first-order valence-corrected chi connectivity index (χ1v) is 7.31. The van der Waals surface area contributed by atoms with Gasteiger partial charge in [0.2, 0.25) is 0 Å². The Hall–Kier alpha value is -2.42. The molecule has 0 radical (unpaired) electrons. The van der Waals surface area contributed by atoms with Crippen molar-refractivity contribution < 1.29 is 10.1 Å². The van der Waals surface area contributed by atoms with Crippen molar-refractivity contribution in [2.45, 2.75) is 5.41 Å². The lowest BCUT2D eigenvalue weighted by Gasteiger charge is -2.34. The van der Waals surface area contributed by atoms with Gasteiger partial charge < -0.3 is 0 Å². The van der Waals surface area contributed by atoms with Crippen molar-refractivity contribution in [1.29, 1.82) is 0 Å². The molecular formula is C20H18O2. The van der Waals surface area contributed by atoms with E-state index in [0.29, 0.717) is 0 Å². The Morgan fingerprint density at radius 2 is 0.909 bits per heavy atom. The molecule has 3 aromatic rings. The summed E-state index contributed by atoms with van der Waals surface area (Å²) in [7, 11) is 0. The summed E-state index contributed by atoms with van der Waals surface area (Å²) >= 11 is 0. The van der Waals surface area contributed by atoms with Crippen LogP contribution in [0, 0.1) is 0 Å². The third-order valence-electron chi connectivity index (χ3n) is 4.08. The van der Waals surface area contributed by atoms with Crippen LogP contribution in [0.1, 0.15) is 16.7 Å². The smallest absolute Gasteiger partial charge is 0.0997 e. The van der Waals surface area contributed by atoms with Gasteiger partial charge >= 0.3 is 0 Å². The zero-order valence-corrected chi connectivity index (χ0v) is 12.2. The molecule has 22 heavy (non-hydrogen) atoms. The molecule has 0 fully saturated rings. The van der Waals surface area contributed by atoms with Crippen molar-refractivity contribution in [3.05, 3.63) is 108 Å². The van der Waals surface area contributed by atoms with E-state index in [1.165, 1.54) is 0 Å². The van der Waals surface area contributed by atoms with Gasteiger partial charge in [0.25, 0.3) is 0 Å². The zero-order chi connectivity index (χ0) is 15.3. The lowest BCUT2D eigenvalue weighted by atomic mass is 9.70. The fourth-order valence-corrected chi connectivity index (χ4v) is 3.01. The Morgan fingerprint density at radius 1 is 0.591 bits per heavy atom. The molecule has 0 heterocycles. The SMILES string of the molecule is OOCC(c1ccccc1)(c1ccccc1)c1ccccc1. The minimum atomic E-state index is -0.543. The second-order valence-electron chi connectivity index (χ2n) is 5.28. The van der Waals surface area contributed by atoms with Crippen LogP contribution in [0.15, 0.2) is 91.0 Å². The Balaban J connectivity index is 2.29. The van der Waals surface area contributed by atoms with Gasteiger partial charge in [-0.15, -0.1) is 0 Å². The molecule has 2 heteroatoms. The molecule has 0 aliphatic rings. The van der Waals surface area contributed by atoms with Crippen molar-refractivity contribution in [2.75, 3.05) is 6.61 Å². The van der Waals surface area contributed by atoms with Crippen molar-refractivity contribution in [1.82, 2.24) is 0 Å². The zero-order valence-electron chi connectivity index (χ0n) is 12.2. The predicted molar refractivity (Wildman–Crippen MR) is 87.8 cm³/mol. The molecule has 0 bridgehead atoms. The Bertz CT molecular complexity index is 597. The van der Waals surface area contributed by atoms with Crippen molar-refractivity contribution in [2.24, 2.45) is 0 Å². The Kier molecular flexibility index (Phi) is 4.33. The highest BCUT2D eigenvalue weighted by Gasteiger charge is 2.36. The van der Waals surface area contributed by atoms with E-state index in [1.807, 2.05) is 54.6 Å². The molecule has 0 aliphatic heterocycles. The van der Waals surface area contributed by atoms with E-state index in [1.54, 1.807) is 0 Å². The van der Waals surface area contributed by atoms with Crippen molar-refractivity contribution in [3.63, 3.8) is 0 Å². The molecule has 0 atom stereocenters. The first kappa shape index (κ1) is 14.5. The lowest BCUT2D eigenvalue weighted by Crippen LogP contribution is -2.34. The van der Waals surface area contributed by atoms with Gasteiger partial charge in [0.05, 0.1) is 12.0 Å². The van der Waals surface area contributed by atoms with Gasteiger partial charge in [-0.2, -0.15) is 0 Å². The van der Waals surface area contributed by atoms with Gasteiger partial charge in [0.1, 0.15) is 0 Å².